The number of nitrogens with zero attached hydrogens (tertiary/aromatic N) is 1. The molecular formula is C12H16F3NOS2. The molecule has 1 atom stereocenters. The molecule has 1 aliphatic rings. The minimum absolute atomic E-state index is 0.299. The van der Waals surface area contributed by atoms with Crippen molar-refractivity contribution in [2.75, 3.05) is 33.0 Å². The molecule has 1 unspecified atom stereocenters. The van der Waals surface area contributed by atoms with Crippen LogP contribution in [-0.2, 0) is 10.3 Å². The number of hydrogen-bond donors (Lipinski definition) is 0. The molecule has 1 saturated heterocycles. The number of methoxy groups -OCH3 is 1. The van der Waals surface area contributed by atoms with Crippen molar-refractivity contribution in [1.82, 2.24) is 4.90 Å². The van der Waals surface area contributed by atoms with Gasteiger partial charge < -0.3 is 4.74 Å². The quantitative estimate of drug-likeness (QED) is 0.789. The molecular weight excluding hydrogens is 295 g/mol. The van der Waals surface area contributed by atoms with Crippen molar-refractivity contribution in [1.29, 1.82) is 0 Å². The molecule has 0 aromatic carbocycles. The molecule has 0 saturated carbocycles. The molecule has 2 nitrogen and oxygen atoms in total. The number of ether oxygens (including phenoxy) is 1. The van der Waals surface area contributed by atoms with Gasteiger partial charge in [-0.3, -0.25) is 4.90 Å². The lowest BCUT2D eigenvalue weighted by Crippen LogP contribution is -2.37. The van der Waals surface area contributed by atoms with Crippen LogP contribution in [0.25, 0.3) is 0 Å². The maximum Gasteiger partial charge on any atom is 0.401 e. The normalized spacial score (nSPS) is 25.1. The van der Waals surface area contributed by atoms with Gasteiger partial charge in [0.05, 0.1) is 10.8 Å². The largest absolute Gasteiger partial charge is 0.401 e. The second-order valence-corrected chi connectivity index (χ2v) is 6.65. The van der Waals surface area contributed by atoms with Crippen LogP contribution in [0.4, 0.5) is 13.2 Å². The summed E-state index contributed by atoms with van der Waals surface area (Å²) in [6.07, 6.45) is -1.56. The van der Waals surface area contributed by atoms with Crippen LogP contribution in [0.1, 0.15) is 12.0 Å². The van der Waals surface area contributed by atoms with E-state index in [1.54, 1.807) is 30.2 Å². The molecule has 1 aliphatic heterocycles. The van der Waals surface area contributed by atoms with Crippen molar-refractivity contribution >= 4 is 23.1 Å². The highest BCUT2D eigenvalue weighted by molar-refractivity contribution is 8.00. The van der Waals surface area contributed by atoms with Crippen LogP contribution >= 0.6 is 23.1 Å². The smallest absolute Gasteiger partial charge is 0.372 e. The van der Waals surface area contributed by atoms with Crippen molar-refractivity contribution in [3.63, 3.8) is 0 Å². The van der Waals surface area contributed by atoms with Crippen molar-refractivity contribution in [2.24, 2.45) is 0 Å². The van der Waals surface area contributed by atoms with Gasteiger partial charge in [0, 0.05) is 20.2 Å². The van der Waals surface area contributed by atoms with E-state index in [0.717, 1.165) is 9.77 Å². The molecule has 19 heavy (non-hydrogen) atoms. The summed E-state index contributed by atoms with van der Waals surface area (Å²) in [6, 6.07) is 2.02. The van der Waals surface area contributed by atoms with E-state index in [2.05, 4.69) is 0 Å². The Kier molecular flexibility index (Phi) is 4.49. The van der Waals surface area contributed by atoms with Crippen LogP contribution in [0.3, 0.4) is 0 Å². The number of hydrogen-bond acceptors (Lipinski definition) is 4. The summed E-state index contributed by atoms with van der Waals surface area (Å²) in [4.78, 5) is 1.42. The topological polar surface area (TPSA) is 12.5 Å². The van der Waals surface area contributed by atoms with Gasteiger partial charge in [-0.2, -0.15) is 13.2 Å². The Labute approximate surface area is 118 Å². The Bertz CT molecular complexity index is 435. The van der Waals surface area contributed by atoms with E-state index >= 15 is 0 Å². The maximum absolute atomic E-state index is 12.4. The van der Waals surface area contributed by atoms with E-state index in [4.69, 9.17) is 4.74 Å². The molecule has 7 heteroatoms. The summed E-state index contributed by atoms with van der Waals surface area (Å²) < 4.78 is 44.1. The maximum atomic E-state index is 12.4. The number of thioether (sulfide) groups is 1. The van der Waals surface area contributed by atoms with E-state index in [1.165, 1.54) is 4.90 Å². The molecule has 1 aromatic rings. The predicted molar refractivity (Wildman–Crippen MR) is 71.9 cm³/mol. The number of halogens is 3. The zero-order valence-corrected chi connectivity index (χ0v) is 12.4. The lowest BCUT2D eigenvalue weighted by atomic mass is 9.95. The minimum Gasteiger partial charge on any atom is -0.372 e. The van der Waals surface area contributed by atoms with E-state index in [-0.39, 0.29) is 0 Å². The van der Waals surface area contributed by atoms with Crippen molar-refractivity contribution in [3.8, 4) is 0 Å². The van der Waals surface area contributed by atoms with Crippen LogP contribution in [0.2, 0.25) is 0 Å². The molecule has 0 radical (unpaired) electrons. The monoisotopic (exact) mass is 311 g/mol. The molecule has 0 aliphatic carbocycles. The lowest BCUT2D eigenvalue weighted by molar-refractivity contribution is -0.146. The second-order valence-electron chi connectivity index (χ2n) is 4.63. The number of thiophene rings is 1. The van der Waals surface area contributed by atoms with Crippen LogP contribution in [-0.4, -0.2) is 44.1 Å². The minimum atomic E-state index is -4.15. The van der Waals surface area contributed by atoms with Crippen molar-refractivity contribution < 1.29 is 17.9 Å². The van der Waals surface area contributed by atoms with Crippen molar-refractivity contribution in [3.05, 3.63) is 17.0 Å². The molecule has 1 fully saturated rings. The SMILES string of the molecule is COC1(c2csc(SC)c2)CCN(CC(F)(F)F)C1. The lowest BCUT2D eigenvalue weighted by Gasteiger charge is -2.27. The Morgan fingerprint density at radius 2 is 2.26 bits per heavy atom. The summed E-state index contributed by atoms with van der Waals surface area (Å²) in [5, 5.41) is 1.99. The Hall–Kier alpha value is -0.240. The third kappa shape index (κ3) is 3.45. The van der Waals surface area contributed by atoms with Gasteiger partial charge in [-0.15, -0.1) is 23.1 Å². The Morgan fingerprint density at radius 3 is 2.79 bits per heavy atom. The third-order valence-corrected chi connectivity index (χ3v) is 5.44. The fraction of sp³-hybridized carbons (Fsp3) is 0.667. The van der Waals surface area contributed by atoms with Crippen LogP contribution < -0.4 is 0 Å². The Balaban J connectivity index is 2.12. The fourth-order valence-corrected chi connectivity index (χ4v) is 3.92. The first-order valence-electron chi connectivity index (χ1n) is 5.86. The molecule has 108 valence electrons. The Morgan fingerprint density at radius 1 is 1.53 bits per heavy atom. The number of rotatable bonds is 4. The zero-order valence-electron chi connectivity index (χ0n) is 10.8. The molecule has 0 amide bonds. The summed E-state index contributed by atoms with van der Waals surface area (Å²) in [5.74, 6) is 0. The summed E-state index contributed by atoms with van der Waals surface area (Å²) >= 11 is 3.24. The van der Waals surface area contributed by atoms with Gasteiger partial charge in [0.1, 0.15) is 5.60 Å². The third-order valence-electron chi connectivity index (χ3n) is 3.41. The van der Waals surface area contributed by atoms with Gasteiger partial charge in [0.15, 0.2) is 0 Å². The van der Waals surface area contributed by atoms with Gasteiger partial charge in [0.25, 0.3) is 0 Å². The average molecular weight is 311 g/mol. The predicted octanol–water partition coefficient (Wildman–Crippen LogP) is 3.58. The van der Waals surface area contributed by atoms with E-state index < -0.39 is 18.3 Å². The summed E-state index contributed by atoms with van der Waals surface area (Å²) in [6.45, 7) is -0.150. The molecule has 2 heterocycles. The van der Waals surface area contributed by atoms with Crippen LogP contribution in [0.15, 0.2) is 15.7 Å². The number of alkyl halides is 3. The number of likely N-dealkylation sites (tertiary alicyclic amines) is 1. The van der Waals surface area contributed by atoms with Gasteiger partial charge in [-0.25, -0.2) is 0 Å². The van der Waals surface area contributed by atoms with Crippen molar-refractivity contribution in [2.45, 2.75) is 22.4 Å². The molecule has 0 N–H and O–H groups in total. The van der Waals surface area contributed by atoms with Crippen LogP contribution in [0, 0.1) is 0 Å². The van der Waals surface area contributed by atoms with E-state index in [1.807, 2.05) is 17.7 Å². The molecule has 2 rings (SSSR count). The van der Waals surface area contributed by atoms with E-state index in [0.29, 0.717) is 19.5 Å². The first-order valence-corrected chi connectivity index (χ1v) is 7.96. The first-order chi connectivity index (χ1) is 8.88. The highest BCUT2D eigenvalue weighted by Gasteiger charge is 2.43. The highest BCUT2D eigenvalue weighted by atomic mass is 32.2. The fourth-order valence-electron chi connectivity index (χ4n) is 2.43. The second kappa shape index (κ2) is 5.63. The molecule has 0 bridgehead atoms. The molecule has 1 aromatic heterocycles. The molecule has 0 spiro atoms. The highest BCUT2D eigenvalue weighted by Crippen LogP contribution is 2.40. The standard InChI is InChI=1S/C12H16F3NOS2/c1-17-11(9-5-10(18-2)19-6-9)3-4-16(7-11)8-12(13,14)15/h5-6H,3-4,7-8H2,1-2H3. The first kappa shape index (κ1) is 15.2. The van der Waals surface area contributed by atoms with Gasteiger partial charge in [-0.05, 0) is 29.7 Å². The summed E-state index contributed by atoms with van der Waals surface area (Å²) in [7, 11) is 1.58. The average Bonchev–Trinajstić information content (AvgIpc) is 2.93. The van der Waals surface area contributed by atoms with Crippen LogP contribution in [0.5, 0.6) is 0 Å². The van der Waals surface area contributed by atoms with E-state index in [9.17, 15) is 13.2 Å². The van der Waals surface area contributed by atoms with Gasteiger partial charge in [-0.1, -0.05) is 0 Å². The zero-order chi connectivity index (χ0) is 14.1. The van der Waals surface area contributed by atoms with Gasteiger partial charge in [0.2, 0.25) is 0 Å². The van der Waals surface area contributed by atoms with Gasteiger partial charge >= 0.3 is 6.18 Å². The summed E-state index contributed by atoms with van der Waals surface area (Å²) in [5.41, 5.74) is 0.407.